The number of nitrogens with two attached hydrogens (primary N) is 1. The van der Waals surface area contributed by atoms with Crippen molar-refractivity contribution in [3.63, 3.8) is 0 Å². The molecule has 1 aliphatic rings. The lowest BCUT2D eigenvalue weighted by atomic mass is 10.2. The Kier molecular flexibility index (Phi) is 5.05. The summed E-state index contributed by atoms with van der Waals surface area (Å²) in [6.45, 7) is 2.35. The smallest absolute Gasteiger partial charge is 0.220 e. The molecule has 2 rings (SSSR count). The zero-order valence-corrected chi connectivity index (χ0v) is 11.7. The molecule has 1 amide bonds. The van der Waals surface area contributed by atoms with Crippen LogP contribution in [-0.4, -0.2) is 31.6 Å². The minimum Gasteiger partial charge on any atom is -0.369 e. The van der Waals surface area contributed by atoms with Crippen LogP contribution in [0.2, 0.25) is 5.02 Å². The summed E-state index contributed by atoms with van der Waals surface area (Å²) < 4.78 is 0. The number of nitrogens with one attached hydrogen (secondary N) is 1. The fourth-order valence-electron chi connectivity index (χ4n) is 2.35. The summed E-state index contributed by atoms with van der Waals surface area (Å²) in [6.07, 6.45) is 2.24. The zero-order valence-electron chi connectivity index (χ0n) is 10.9. The summed E-state index contributed by atoms with van der Waals surface area (Å²) in [5.74, 6) is 0.100. The lowest BCUT2D eigenvalue weighted by Gasteiger charge is -2.19. The van der Waals surface area contributed by atoms with Crippen LogP contribution in [0.3, 0.4) is 0 Å². The molecule has 104 valence electrons. The molecule has 3 N–H and O–H groups in total. The molecular formula is C14H20ClN3O. The Labute approximate surface area is 118 Å². The minimum absolute atomic E-state index is 0.100. The summed E-state index contributed by atoms with van der Waals surface area (Å²) in [5.41, 5.74) is 6.51. The molecule has 19 heavy (non-hydrogen) atoms. The molecule has 1 atom stereocenters. The van der Waals surface area contributed by atoms with E-state index in [1.165, 1.54) is 0 Å². The monoisotopic (exact) mass is 281 g/mol. The van der Waals surface area contributed by atoms with E-state index < -0.39 is 0 Å². The number of amides is 1. The molecule has 4 nitrogen and oxygen atoms in total. The second-order valence-electron chi connectivity index (χ2n) is 4.87. The van der Waals surface area contributed by atoms with Crippen molar-refractivity contribution in [3.8, 4) is 0 Å². The van der Waals surface area contributed by atoms with Gasteiger partial charge in [0.2, 0.25) is 5.91 Å². The maximum Gasteiger partial charge on any atom is 0.220 e. The van der Waals surface area contributed by atoms with Gasteiger partial charge in [0.1, 0.15) is 0 Å². The fourth-order valence-corrected chi connectivity index (χ4v) is 2.53. The molecule has 0 saturated carbocycles. The van der Waals surface area contributed by atoms with Gasteiger partial charge in [-0.15, -0.1) is 0 Å². The summed E-state index contributed by atoms with van der Waals surface area (Å²) in [4.78, 5) is 13.9. The number of hydrogen-bond donors (Lipinski definition) is 2. The molecule has 1 aromatic rings. The van der Waals surface area contributed by atoms with Crippen molar-refractivity contribution in [1.82, 2.24) is 5.32 Å². The van der Waals surface area contributed by atoms with E-state index in [1.54, 1.807) is 0 Å². The number of carbonyl (C=O) groups is 1. The van der Waals surface area contributed by atoms with Crippen LogP contribution < -0.4 is 16.0 Å². The molecule has 1 aromatic carbocycles. The molecule has 0 aliphatic carbocycles. The van der Waals surface area contributed by atoms with Crippen LogP contribution >= 0.6 is 11.6 Å². The molecule has 5 heteroatoms. The lowest BCUT2D eigenvalue weighted by Crippen LogP contribution is -2.37. The normalized spacial score (nSPS) is 18.6. The van der Waals surface area contributed by atoms with Gasteiger partial charge >= 0.3 is 0 Å². The first-order valence-corrected chi connectivity index (χ1v) is 7.07. The molecule has 1 aliphatic heterocycles. The largest absolute Gasteiger partial charge is 0.369 e. The Bertz CT molecular complexity index is 438. The molecule has 1 unspecified atom stereocenters. The molecule has 0 bridgehead atoms. The number of halogens is 1. The predicted molar refractivity (Wildman–Crippen MR) is 78.5 cm³/mol. The van der Waals surface area contributed by atoms with Crippen LogP contribution in [0.4, 0.5) is 5.69 Å². The van der Waals surface area contributed by atoms with Crippen LogP contribution in [0.15, 0.2) is 24.3 Å². The van der Waals surface area contributed by atoms with Gasteiger partial charge in [0.05, 0.1) is 0 Å². The van der Waals surface area contributed by atoms with Crippen molar-refractivity contribution in [2.45, 2.75) is 25.3 Å². The summed E-state index contributed by atoms with van der Waals surface area (Å²) >= 11 is 5.99. The Morgan fingerprint density at radius 2 is 2.37 bits per heavy atom. The number of carbonyl (C=O) groups excluding carboxylic acids is 1. The zero-order chi connectivity index (χ0) is 13.7. The molecule has 0 aromatic heterocycles. The minimum atomic E-state index is 0.100. The Morgan fingerprint density at radius 3 is 3.11 bits per heavy atom. The molecule has 1 fully saturated rings. The summed E-state index contributed by atoms with van der Waals surface area (Å²) in [6, 6.07) is 8.05. The van der Waals surface area contributed by atoms with E-state index in [4.69, 9.17) is 17.3 Å². The van der Waals surface area contributed by atoms with E-state index in [2.05, 4.69) is 10.2 Å². The summed E-state index contributed by atoms with van der Waals surface area (Å²) in [7, 11) is 0. The topological polar surface area (TPSA) is 58.4 Å². The van der Waals surface area contributed by atoms with Crippen LogP contribution in [0, 0.1) is 0 Å². The van der Waals surface area contributed by atoms with Crippen LogP contribution in [-0.2, 0) is 4.79 Å². The second-order valence-corrected chi connectivity index (χ2v) is 5.31. The number of anilines is 1. The van der Waals surface area contributed by atoms with Gasteiger partial charge in [-0.2, -0.15) is 0 Å². The third-order valence-corrected chi connectivity index (χ3v) is 3.57. The third kappa shape index (κ3) is 4.11. The quantitative estimate of drug-likeness (QED) is 0.865. The average molecular weight is 282 g/mol. The highest BCUT2D eigenvalue weighted by atomic mass is 35.5. The van der Waals surface area contributed by atoms with Crippen molar-refractivity contribution < 1.29 is 4.79 Å². The Balaban J connectivity index is 1.84. The van der Waals surface area contributed by atoms with E-state index >= 15 is 0 Å². The van der Waals surface area contributed by atoms with Crippen molar-refractivity contribution in [1.29, 1.82) is 0 Å². The maximum absolute atomic E-state index is 11.6. The van der Waals surface area contributed by atoms with Crippen molar-refractivity contribution in [2.24, 2.45) is 5.73 Å². The van der Waals surface area contributed by atoms with Crippen molar-refractivity contribution in [2.75, 3.05) is 24.5 Å². The third-order valence-electron chi connectivity index (χ3n) is 3.33. The van der Waals surface area contributed by atoms with Gasteiger partial charge in [-0.3, -0.25) is 4.79 Å². The van der Waals surface area contributed by atoms with Crippen molar-refractivity contribution in [3.05, 3.63) is 29.3 Å². The first-order chi connectivity index (χ1) is 9.19. The van der Waals surface area contributed by atoms with E-state index in [-0.39, 0.29) is 11.9 Å². The van der Waals surface area contributed by atoms with E-state index in [9.17, 15) is 4.79 Å². The van der Waals surface area contributed by atoms with Gasteiger partial charge in [-0.1, -0.05) is 17.7 Å². The first kappa shape index (κ1) is 14.2. The SMILES string of the molecule is NCCCC(=O)NC1CCN(c2cccc(Cl)c2)C1. The fraction of sp³-hybridized carbons (Fsp3) is 0.500. The van der Waals surface area contributed by atoms with Crippen LogP contribution in [0.25, 0.3) is 0 Å². The standard InChI is InChI=1S/C14H20ClN3O/c15-11-3-1-4-13(9-11)18-8-6-12(10-18)17-14(19)5-2-7-16/h1,3-4,9,12H,2,5-8,10,16H2,(H,17,19). The second kappa shape index (κ2) is 6.78. The highest BCUT2D eigenvalue weighted by Crippen LogP contribution is 2.23. The van der Waals surface area contributed by atoms with Gasteiger partial charge in [0, 0.05) is 36.3 Å². The highest BCUT2D eigenvalue weighted by Gasteiger charge is 2.23. The maximum atomic E-state index is 11.6. The number of benzene rings is 1. The van der Waals surface area contributed by atoms with Gasteiger partial charge in [0.25, 0.3) is 0 Å². The van der Waals surface area contributed by atoms with Gasteiger partial charge in [-0.05, 0) is 37.6 Å². The van der Waals surface area contributed by atoms with Crippen LogP contribution in [0.5, 0.6) is 0 Å². The predicted octanol–water partition coefficient (Wildman–Crippen LogP) is 1.77. The Morgan fingerprint density at radius 1 is 1.53 bits per heavy atom. The van der Waals surface area contributed by atoms with Gasteiger partial charge in [-0.25, -0.2) is 0 Å². The van der Waals surface area contributed by atoms with E-state index in [0.29, 0.717) is 13.0 Å². The molecule has 0 radical (unpaired) electrons. The van der Waals surface area contributed by atoms with E-state index in [0.717, 1.165) is 36.6 Å². The lowest BCUT2D eigenvalue weighted by molar-refractivity contribution is -0.121. The Hall–Kier alpha value is -1.26. The molecular weight excluding hydrogens is 262 g/mol. The average Bonchev–Trinajstić information content (AvgIpc) is 2.85. The number of rotatable bonds is 5. The molecule has 1 heterocycles. The van der Waals surface area contributed by atoms with Gasteiger partial charge < -0.3 is 16.0 Å². The number of hydrogen-bond acceptors (Lipinski definition) is 3. The van der Waals surface area contributed by atoms with Crippen LogP contribution in [0.1, 0.15) is 19.3 Å². The summed E-state index contributed by atoms with van der Waals surface area (Å²) in [5, 5.41) is 3.80. The van der Waals surface area contributed by atoms with Crippen molar-refractivity contribution >= 4 is 23.2 Å². The first-order valence-electron chi connectivity index (χ1n) is 6.69. The highest BCUT2D eigenvalue weighted by molar-refractivity contribution is 6.30. The molecule has 1 saturated heterocycles. The van der Waals surface area contributed by atoms with Gasteiger partial charge in [0.15, 0.2) is 0 Å². The molecule has 0 spiro atoms. The number of nitrogens with zero attached hydrogens (tertiary/aromatic N) is 1. The van der Waals surface area contributed by atoms with E-state index in [1.807, 2.05) is 24.3 Å².